The second kappa shape index (κ2) is 18.7. The van der Waals surface area contributed by atoms with Crippen LogP contribution in [0.4, 0.5) is 0 Å². The fourth-order valence-electron chi connectivity index (χ4n) is 0. The van der Waals surface area contributed by atoms with Gasteiger partial charge in [0.2, 0.25) is 0 Å². The van der Waals surface area contributed by atoms with Gasteiger partial charge in [0.05, 0.1) is 5.60 Å². The lowest BCUT2D eigenvalue weighted by molar-refractivity contribution is -0.306. The predicted octanol–water partition coefficient (Wildman–Crippen LogP) is 2.68. The van der Waals surface area contributed by atoms with E-state index in [1.807, 2.05) is 0 Å². The lowest BCUT2D eigenvalue weighted by Gasteiger charge is -2.10. The number of hydrogen-bond donors (Lipinski definition) is 1. The van der Waals surface area contributed by atoms with Gasteiger partial charge in [0, 0.05) is 9.93 Å². The zero-order valence-electron chi connectivity index (χ0n) is 10.9. The van der Waals surface area contributed by atoms with Crippen LogP contribution in [-0.4, -0.2) is 19.7 Å². The third kappa shape index (κ3) is 160. The van der Waals surface area contributed by atoms with Gasteiger partial charge in [-0.3, -0.25) is 5.26 Å². The van der Waals surface area contributed by atoms with Crippen molar-refractivity contribution in [1.82, 2.24) is 0 Å². The minimum Gasteiger partial charge on any atom is -0.251 e. The van der Waals surface area contributed by atoms with Gasteiger partial charge in [-0.2, -0.15) is 9.12 Å². The maximum atomic E-state index is 7.90. The van der Waals surface area contributed by atoms with Crippen molar-refractivity contribution < 1.29 is 10.1 Å². The third-order valence-electron chi connectivity index (χ3n) is 0.274. The molecule has 0 aromatic carbocycles. The van der Waals surface area contributed by atoms with Crippen molar-refractivity contribution in [1.29, 1.82) is 1.34 Å². The van der Waals surface area contributed by atoms with E-state index in [1.54, 1.807) is 20.8 Å². The van der Waals surface area contributed by atoms with Gasteiger partial charge >= 0.3 is 0 Å². The average Bonchev–Trinajstić information content (AvgIpc) is 2.07. The molecule has 0 aromatic rings. The summed E-state index contributed by atoms with van der Waals surface area (Å²) in [5.74, 6) is 0.833. The quantitative estimate of drug-likeness (QED) is 0.299. The highest BCUT2D eigenvalue weighted by Crippen LogP contribution is 2.01. The second-order valence-electron chi connectivity index (χ2n) is 3.94. The summed E-state index contributed by atoms with van der Waals surface area (Å²) in [7, 11) is 3.29. The summed E-state index contributed by atoms with van der Waals surface area (Å²) in [6, 6.07) is 0. The van der Waals surface area contributed by atoms with Crippen molar-refractivity contribution in [2.24, 2.45) is 5.92 Å². The molecule has 0 saturated carbocycles. The van der Waals surface area contributed by atoms with Gasteiger partial charge < -0.3 is 0 Å². The Morgan fingerprint density at radius 3 is 1.43 bits per heavy atom. The molecule has 0 aliphatic carbocycles. The van der Waals surface area contributed by atoms with Gasteiger partial charge in [-0.15, -0.1) is 0 Å². The SMILES string of the molecule is CC(C)(C)OO.CC(C)C.O=O.[3H][B]P. The maximum Gasteiger partial charge on any atom is 0.116 e. The molecule has 1 N–H and O–H groups in total. The van der Waals surface area contributed by atoms with Crippen LogP contribution in [0.1, 0.15) is 41.5 Å². The van der Waals surface area contributed by atoms with Crippen LogP contribution < -0.4 is 0 Å². The van der Waals surface area contributed by atoms with E-state index in [4.69, 9.17) is 16.5 Å². The molecule has 0 aromatic heterocycles. The van der Waals surface area contributed by atoms with E-state index in [9.17, 15) is 0 Å². The Hall–Kier alpha value is 0.0149. The normalized spacial score (nSPS) is 9.07. The molecule has 0 aliphatic heterocycles. The van der Waals surface area contributed by atoms with E-state index < -0.39 is 5.60 Å². The lowest BCUT2D eigenvalue weighted by atomic mass is 10.2. The van der Waals surface area contributed by atoms with Crippen LogP contribution in [0.2, 0.25) is 0 Å². The number of rotatable bonds is 0. The Labute approximate surface area is 91.9 Å². The van der Waals surface area contributed by atoms with Gasteiger partial charge in [0.25, 0.3) is 0 Å². The van der Waals surface area contributed by atoms with E-state index in [2.05, 4.69) is 34.8 Å². The smallest absolute Gasteiger partial charge is 0.116 e. The molecule has 1 unspecified atom stereocenters. The average molecular weight is 227 g/mol. The fraction of sp³-hybridized carbons (Fsp3) is 1.00. The van der Waals surface area contributed by atoms with Gasteiger partial charge in [-0.1, -0.05) is 20.8 Å². The van der Waals surface area contributed by atoms with Crippen molar-refractivity contribution >= 4 is 16.6 Å². The summed E-state index contributed by atoms with van der Waals surface area (Å²) in [5, 5.41) is 7.90. The van der Waals surface area contributed by atoms with E-state index in [0.717, 1.165) is 5.92 Å². The highest BCUT2D eigenvalue weighted by atomic mass is 31.0. The first-order valence-corrected chi connectivity index (χ1v) is 4.79. The van der Waals surface area contributed by atoms with Gasteiger partial charge in [-0.05, 0) is 28.0 Å². The Bertz CT molecular complexity index is 98.4. The van der Waals surface area contributed by atoms with E-state index in [0.29, 0.717) is 0 Å². The van der Waals surface area contributed by atoms with Crippen molar-refractivity contribution in [2.45, 2.75) is 47.1 Å². The van der Waals surface area contributed by atoms with Crippen LogP contribution in [-0.2, 0) is 4.89 Å². The highest BCUT2D eigenvalue weighted by molar-refractivity contribution is 7.49. The van der Waals surface area contributed by atoms with E-state index in [1.165, 1.54) is 7.53 Å². The van der Waals surface area contributed by atoms with Crippen molar-refractivity contribution in [2.75, 3.05) is 0 Å². The Balaban J connectivity index is -0.0000000590. The first-order chi connectivity index (χ1) is 6.71. The summed E-state index contributed by atoms with van der Waals surface area (Å²) < 4.78 is 6.05. The Kier molecular flexibility index (Phi) is 26.2. The monoisotopic (exact) mass is 227 g/mol. The molecule has 1 atom stereocenters. The second-order valence-corrected chi connectivity index (χ2v) is 3.94. The minimum absolute atomic E-state index is 0.403. The molecule has 4 nitrogen and oxygen atoms in total. The molecule has 0 amide bonds. The Morgan fingerprint density at radius 1 is 1.36 bits per heavy atom. The lowest BCUT2D eigenvalue weighted by Crippen LogP contribution is -2.15. The largest absolute Gasteiger partial charge is 0.251 e. The highest BCUT2D eigenvalue weighted by Gasteiger charge is 2.06. The summed E-state index contributed by atoms with van der Waals surface area (Å²) in [6.45, 7) is 11.8. The van der Waals surface area contributed by atoms with Gasteiger partial charge in [0.15, 0.2) is 0 Å². The van der Waals surface area contributed by atoms with Crippen LogP contribution in [0.25, 0.3) is 0 Å². The van der Waals surface area contributed by atoms with Crippen LogP contribution >= 0.6 is 9.12 Å². The molecule has 6 heteroatoms. The molecule has 14 heavy (non-hydrogen) atoms. The first kappa shape index (κ1) is 19.6. The van der Waals surface area contributed by atoms with Crippen molar-refractivity contribution in [3.05, 3.63) is 9.93 Å². The molecule has 0 bridgehead atoms. The van der Waals surface area contributed by atoms with Crippen LogP contribution in [0.5, 0.6) is 0 Å². The molecule has 0 fully saturated rings. The summed E-state index contributed by atoms with van der Waals surface area (Å²) in [6.07, 6.45) is 0. The molecular weight excluding hydrogens is 202 g/mol. The topological polar surface area (TPSA) is 63.6 Å². The molecule has 0 rings (SSSR count). The molecule has 0 heterocycles. The standard InChI is InChI=1S/C4H10O2.C4H10.BH3P.O2/c1-4(2,3)6-5;1-4(2)3;2*1-2/h5H,1-3H3;4H,1-3H3;1H,2H2;/i;;1T;. The predicted molar refractivity (Wildman–Crippen MR) is 67.6 cm³/mol. The zero-order valence-corrected chi connectivity index (χ0v) is 11.1. The van der Waals surface area contributed by atoms with Crippen LogP contribution in [0.15, 0.2) is 0 Å². The van der Waals surface area contributed by atoms with Gasteiger partial charge in [-0.25, -0.2) is 4.89 Å². The van der Waals surface area contributed by atoms with E-state index in [-0.39, 0.29) is 0 Å². The molecule has 87 valence electrons. The number of hydrogen-bond acceptors (Lipinski definition) is 4. The third-order valence-corrected chi connectivity index (χ3v) is 0.274. The maximum absolute atomic E-state index is 7.90. The first-order valence-electron chi connectivity index (χ1n) is 4.70. The molecule has 0 aliphatic rings. The molecule has 0 saturated heterocycles. The molecule has 0 spiro atoms. The molecular formula is C8H23BO4P. The summed E-state index contributed by atoms with van der Waals surface area (Å²) in [4.78, 5) is 17.9. The molecule has 1 radical (unpaired) electrons. The van der Waals surface area contributed by atoms with Crippen LogP contribution in [0, 0.1) is 15.8 Å². The minimum atomic E-state index is -0.403. The van der Waals surface area contributed by atoms with Crippen molar-refractivity contribution in [3.8, 4) is 0 Å². The summed E-state index contributed by atoms with van der Waals surface area (Å²) in [5.41, 5.74) is -0.403. The van der Waals surface area contributed by atoms with Gasteiger partial charge in [0.1, 0.15) is 7.53 Å². The van der Waals surface area contributed by atoms with Crippen molar-refractivity contribution in [3.63, 3.8) is 0 Å². The Morgan fingerprint density at radius 2 is 1.43 bits per heavy atom. The van der Waals surface area contributed by atoms with Crippen LogP contribution in [0.3, 0.4) is 0 Å². The zero-order chi connectivity index (χ0) is 13.5. The fourth-order valence-corrected chi connectivity index (χ4v) is 0. The summed E-state index contributed by atoms with van der Waals surface area (Å²) >= 11 is 0. The van der Waals surface area contributed by atoms with E-state index >= 15 is 0 Å².